The fourth-order valence-corrected chi connectivity index (χ4v) is 2.09. The lowest BCUT2D eigenvalue weighted by Crippen LogP contribution is -2.45. The highest BCUT2D eigenvalue weighted by atomic mass is 19.4. The molecule has 0 heterocycles. The number of ether oxygens (including phenoxy) is 1. The van der Waals surface area contributed by atoms with Gasteiger partial charge in [0, 0.05) is 0 Å². The SMILES string of the molecule is C=CCC(Cc1ccc(OC)cc1)(C(C)=O)C(F)(F)F. The van der Waals surface area contributed by atoms with Crippen molar-refractivity contribution in [1.29, 1.82) is 0 Å². The highest BCUT2D eigenvalue weighted by Gasteiger charge is 2.57. The Morgan fingerprint density at radius 3 is 2.20 bits per heavy atom. The molecule has 0 saturated carbocycles. The van der Waals surface area contributed by atoms with Crippen molar-refractivity contribution in [1.82, 2.24) is 0 Å². The molecule has 0 radical (unpaired) electrons. The summed E-state index contributed by atoms with van der Waals surface area (Å²) >= 11 is 0. The van der Waals surface area contributed by atoms with Crippen LogP contribution in [0.15, 0.2) is 36.9 Å². The van der Waals surface area contributed by atoms with E-state index in [1.165, 1.54) is 19.2 Å². The van der Waals surface area contributed by atoms with Gasteiger partial charge >= 0.3 is 6.18 Å². The minimum absolute atomic E-state index is 0.401. The van der Waals surface area contributed by atoms with E-state index in [-0.39, 0.29) is 0 Å². The maximum Gasteiger partial charge on any atom is 0.401 e. The number of hydrogen-bond acceptors (Lipinski definition) is 2. The van der Waals surface area contributed by atoms with Gasteiger partial charge in [-0.25, -0.2) is 0 Å². The van der Waals surface area contributed by atoms with Crippen LogP contribution < -0.4 is 4.74 Å². The van der Waals surface area contributed by atoms with Crippen molar-refractivity contribution in [3.8, 4) is 5.75 Å². The Bertz CT molecular complexity index is 477. The van der Waals surface area contributed by atoms with Crippen LogP contribution in [0.4, 0.5) is 13.2 Å². The summed E-state index contributed by atoms with van der Waals surface area (Å²) in [5.41, 5.74) is -1.98. The maximum atomic E-state index is 13.4. The fraction of sp³-hybridized carbons (Fsp3) is 0.400. The molecular weight excluding hydrogens is 269 g/mol. The number of alkyl halides is 3. The van der Waals surface area contributed by atoms with Crippen LogP contribution in [0.2, 0.25) is 0 Å². The Morgan fingerprint density at radius 2 is 1.85 bits per heavy atom. The number of benzene rings is 1. The van der Waals surface area contributed by atoms with Crippen LogP contribution in [0, 0.1) is 5.41 Å². The predicted octanol–water partition coefficient (Wildman–Crippen LogP) is 3.95. The lowest BCUT2D eigenvalue weighted by atomic mass is 9.75. The molecule has 2 nitrogen and oxygen atoms in total. The van der Waals surface area contributed by atoms with Gasteiger partial charge in [0.05, 0.1) is 7.11 Å². The van der Waals surface area contributed by atoms with Gasteiger partial charge in [-0.3, -0.25) is 4.79 Å². The number of ketones is 1. The Labute approximate surface area is 116 Å². The van der Waals surface area contributed by atoms with E-state index in [1.54, 1.807) is 12.1 Å². The third kappa shape index (κ3) is 3.21. The first-order chi connectivity index (χ1) is 9.26. The van der Waals surface area contributed by atoms with Gasteiger partial charge in [-0.2, -0.15) is 13.2 Å². The lowest BCUT2D eigenvalue weighted by molar-refractivity contribution is -0.218. The molecule has 1 aromatic carbocycles. The average molecular weight is 286 g/mol. The number of carbonyl (C=O) groups is 1. The molecule has 0 bridgehead atoms. The second-order valence-corrected chi connectivity index (χ2v) is 4.65. The van der Waals surface area contributed by atoms with Crippen LogP contribution in [-0.2, 0) is 11.2 Å². The highest BCUT2D eigenvalue weighted by Crippen LogP contribution is 2.45. The molecule has 5 heteroatoms. The first kappa shape index (κ1) is 16.3. The summed E-state index contributed by atoms with van der Waals surface area (Å²) in [4.78, 5) is 11.6. The Hall–Kier alpha value is -1.78. The van der Waals surface area contributed by atoms with Crippen LogP contribution in [0.1, 0.15) is 18.9 Å². The summed E-state index contributed by atoms with van der Waals surface area (Å²) in [6.07, 6.45) is -4.31. The summed E-state index contributed by atoms with van der Waals surface area (Å²) in [5.74, 6) is -0.348. The molecule has 0 aliphatic rings. The van der Waals surface area contributed by atoms with Crippen molar-refractivity contribution in [3.05, 3.63) is 42.5 Å². The summed E-state index contributed by atoms with van der Waals surface area (Å²) in [7, 11) is 1.47. The molecule has 1 aromatic rings. The van der Waals surface area contributed by atoms with Crippen molar-refractivity contribution < 1.29 is 22.7 Å². The molecule has 0 fully saturated rings. The fourth-order valence-electron chi connectivity index (χ4n) is 2.09. The van der Waals surface area contributed by atoms with Crippen molar-refractivity contribution in [2.24, 2.45) is 5.41 Å². The topological polar surface area (TPSA) is 26.3 Å². The smallest absolute Gasteiger partial charge is 0.401 e. The van der Waals surface area contributed by atoms with Crippen molar-refractivity contribution in [2.75, 3.05) is 7.11 Å². The van der Waals surface area contributed by atoms with Gasteiger partial charge in [0.1, 0.15) is 16.9 Å². The van der Waals surface area contributed by atoms with Crippen LogP contribution in [0.5, 0.6) is 5.75 Å². The molecule has 20 heavy (non-hydrogen) atoms. The van der Waals surface area contributed by atoms with Gasteiger partial charge in [-0.05, 0) is 37.5 Å². The second-order valence-electron chi connectivity index (χ2n) is 4.65. The third-order valence-corrected chi connectivity index (χ3v) is 3.37. The molecule has 110 valence electrons. The molecule has 0 aliphatic carbocycles. The summed E-state index contributed by atoms with van der Waals surface area (Å²) in [5, 5.41) is 0. The Balaban J connectivity index is 3.17. The van der Waals surface area contributed by atoms with Gasteiger partial charge < -0.3 is 4.74 Å². The van der Waals surface area contributed by atoms with Crippen molar-refractivity contribution in [3.63, 3.8) is 0 Å². The third-order valence-electron chi connectivity index (χ3n) is 3.37. The Kier molecular flexibility index (Phi) is 4.98. The zero-order valence-electron chi connectivity index (χ0n) is 11.5. The molecule has 0 saturated heterocycles. The van der Waals surface area contributed by atoms with Gasteiger partial charge in [0.25, 0.3) is 0 Å². The number of halogens is 3. The average Bonchev–Trinajstić information content (AvgIpc) is 2.37. The number of rotatable bonds is 6. The molecule has 1 unspecified atom stereocenters. The number of allylic oxidation sites excluding steroid dienone is 1. The minimum atomic E-state index is -4.62. The molecule has 1 atom stereocenters. The van der Waals surface area contributed by atoms with E-state index in [1.807, 2.05) is 0 Å². The molecule has 0 amide bonds. The second kappa shape index (κ2) is 6.11. The van der Waals surface area contributed by atoms with Gasteiger partial charge in [-0.1, -0.05) is 18.2 Å². The van der Waals surface area contributed by atoms with E-state index < -0.39 is 30.2 Å². The summed E-state index contributed by atoms with van der Waals surface area (Å²) < 4.78 is 45.0. The highest BCUT2D eigenvalue weighted by molar-refractivity contribution is 5.83. The molecule has 0 spiro atoms. The monoisotopic (exact) mass is 286 g/mol. The van der Waals surface area contributed by atoms with Crippen LogP contribution >= 0.6 is 0 Å². The van der Waals surface area contributed by atoms with E-state index in [2.05, 4.69) is 6.58 Å². The standard InChI is InChI=1S/C15H17F3O2/c1-4-9-14(11(2)19,15(16,17)18)10-12-5-7-13(20-3)8-6-12/h4-8H,1,9-10H2,2-3H3. The van der Waals surface area contributed by atoms with E-state index in [0.29, 0.717) is 11.3 Å². The summed E-state index contributed by atoms with van der Waals surface area (Å²) in [6, 6.07) is 6.21. The zero-order chi connectivity index (χ0) is 15.4. The van der Waals surface area contributed by atoms with Crippen molar-refractivity contribution in [2.45, 2.75) is 25.9 Å². The number of hydrogen-bond donors (Lipinski definition) is 0. The molecular formula is C15H17F3O2. The first-order valence-corrected chi connectivity index (χ1v) is 6.08. The van der Waals surface area contributed by atoms with Crippen LogP contribution in [0.25, 0.3) is 0 Å². The van der Waals surface area contributed by atoms with E-state index in [4.69, 9.17) is 4.74 Å². The Morgan fingerprint density at radius 1 is 1.30 bits per heavy atom. The lowest BCUT2D eigenvalue weighted by Gasteiger charge is -2.32. The largest absolute Gasteiger partial charge is 0.497 e. The van der Waals surface area contributed by atoms with Gasteiger partial charge in [0.15, 0.2) is 0 Å². The first-order valence-electron chi connectivity index (χ1n) is 6.08. The number of methoxy groups -OCH3 is 1. The van der Waals surface area contributed by atoms with Gasteiger partial charge in [-0.15, -0.1) is 6.58 Å². The van der Waals surface area contributed by atoms with E-state index in [0.717, 1.165) is 13.0 Å². The molecule has 0 aliphatic heterocycles. The summed E-state index contributed by atoms with van der Waals surface area (Å²) in [6.45, 7) is 4.31. The predicted molar refractivity (Wildman–Crippen MR) is 70.7 cm³/mol. The number of carbonyl (C=O) groups excluding carboxylic acids is 1. The molecule has 1 rings (SSSR count). The van der Waals surface area contributed by atoms with Crippen LogP contribution in [-0.4, -0.2) is 19.1 Å². The minimum Gasteiger partial charge on any atom is -0.497 e. The van der Waals surface area contributed by atoms with Crippen molar-refractivity contribution >= 4 is 5.78 Å². The van der Waals surface area contributed by atoms with Gasteiger partial charge in [0.2, 0.25) is 0 Å². The maximum absolute atomic E-state index is 13.4. The van der Waals surface area contributed by atoms with E-state index >= 15 is 0 Å². The molecule has 0 N–H and O–H groups in total. The quantitative estimate of drug-likeness (QED) is 0.740. The van der Waals surface area contributed by atoms with E-state index in [9.17, 15) is 18.0 Å². The number of Topliss-reactive ketones (excluding diaryl/α,β-unsaturated/α-hetero) is 1. The zero-order valence-corrected chi connectivity index (χ0v) is 11.5. The van der Waals surface area contributed by atoms with Crippen LogP contribution in [0.3, 0.4) is 0 Å². The normalized spacial score (nSPS) is 14.4. The molecule has 0 aromatic heterocycles.